The van der Waals surface area contributed by atoms with E-state index in [0.29, 0.717) is 0 Å². The molecule has 0 radical (unpaired) electrons. The van der Waals surface area contributed by atoms with Gasteiger partial charge in [-0.05, 0) is 35.1 Å². The van der Waals surface area contributed by atoms with Gasteiger partial charge in [-0.2, -0.15) is 0 Å². The van der Waals surface area contributed by atoms with Gasteiger partial charge in [-0.3, -0.25) is 4.79 Å². The normalized spacial score (nSPS) is 14.0. The number of carbonyl (C=O) groups is 1. The van der Waals surface area contributed by atoms with E-state index in [1.807, 2.05) is 31.4 Å². The van der Waals surface area contributed by atoms with E-state index < -0.39 is 6.04 Å². The molecule has 2 aromatic rings. The summed E-state index contributed by atoms with van der Waals surface area (Å²) in [5, 5.41) is 4.91. The monoisotopic (exact) mass is 306 g/mol. The average molecular weight is 306 g/mol. The third-order valence-corrected chi connectivity index (χ3v) is 4.28. The maximum Gasteiger partial charge on any atom is 0.237 e. The Morgan fingerprint density at radius 1 is 1.24 bits per heavy atom. The van der Waals surface area contributed by atoms with Gasteiger partial charge in [-0.25, -0.2) is 4.39 Å². The molecule has 0 fully saturated rings. The van der Waals surface area contributed by atoms with E-state index in [0.717, 1.165) is 10.4 Å². The van der Waals surface area contributed by atoms with Gasteiger partial charge in [0, 0.05) is 4.88 Å². The lowest BCUT2D eigenvalue weighted by atomic mass is 10.0. The number of carbonyl (C=O) groups excluding carboxylic acids is 1. The van der Waals surface area contributed by atoms with Crippen molar-refractivity contribution in [1.29, 1.82) is 0 Å². The molecular formula is C16H19FN2OS. The summed E-state index contributed by atoms with van der Waals surface area (Å²) in [6.45, 7) is 3.81. The molecule has 1 amide bonds. The van der Waals surface area contributed by atoms with Crippen molar-refractivity contribution < 1.29 is 9.18 Å². The summed E-state index contributed by atoms with van der Waals surface area (Å²) in [5.74, 6) is -0.441. The lowest BCUT2D eigenvalue weighted by molar-refractivity contribution is -0.123. The average Bonchev–Trinajstić information content (AvgIpc) is 2.98. The number of nitrogens with one attached hydrogen (secondary N) is 1. The van der Waals surface area contributed by atoms with Crippen LogP contribution in [-0.2, 0) is 4.79 Å². The van der Waals surface area contributed by atoms with Crippen LogP contribution >= 0.6 is 11.3 Å². The van der Waals surface area contributed by atoms with Crippen LogP contribution in [0.5, 0.6) is 0 Å². The molecule has 21 heavy (non-hydrogen) atoms. The highest BCUT2D eigenvalue weighted by molar-refractivity contribution is 7.10. The molecule has 0 bridgehead atoms. The second-order valence-electron chi connectivity index (χ2n) is 5.28. The van der Waals surface area contributed by atoms with Gasteiger partial charge in [0.05, 0.1) is 12.1 Å². The fourth-order valence-corrected chi connectivity index (χ4v) is 2.77. The molecule has 0 aliphatic heterocycles. The molecule has 1 aromatic carbocycles. The van der Waals surface area contributed by atoms with Crippen LogP contribution in [0.25, 0.3) is 0 Å². The minimum absolute atomic E-state index is 0.0576. The van der Waals surface area contributed by atoms with Crippen molar-refractivity contribution in [2.75, 3.05) is 0 Å². The third kappa shape index (κ3) is 3.89. The molecule has 5 heteroatoms. The van der Waals surface area contributed by atoms with Gasteiger partial charge in [0.2, 0.25) is 5.91 Å². The summed E-state index contributed by atoms with van der Waals surface area (Å²) in [7, 11) is 0. The van der Waals surface area contributed by atoms with Crippen LogP contribution in [0.2, 0.25) is 0 Å². The molecule has 2 atom stereocenters. The van der Waals surface area contributed by atoms with Gasteiger partial charge in [-0.15, -0.1) is 11.3 Å². The van der Waals surface area contributed by atoms with Crippen molar-refractivity contribution in [1.82, 2.24) is 5.32 Å². The van der Waals surface area contributed by atoms with Crippen molar-refractivity contribution in [3.05, 3.63) is 58.0 Å². The predicted molar refractivity (Wildman–Crippen MR) is 83.5 cm³/mol. The van der Waals surface area contributed by atoms with Crippen molar-refractivity contribution >= 4 is 17.2 Å². The highest BCUT2D eigenvalue weighted by Crippen LogP contribution is 2.26. The van der Waals surface area contributed by atoms with E-state index in [1.165, 1.54) is 12.1 Å². The fraction of sp³-hybridized carbons (Fsp3) is 0.312. The molecule has 2 rings (SSSR count). The number of hydrogen-bond donors (Lipinski definition) is 2. The summed E-state index contributed by atoms with van der Waals surface area (Å²) >= 11 is 1.54. The smallest absolute Gasteiger partial charge is 0.237 e. The van der Waals surface area contributed by atoms with Crippen LogP contribution in [0.15, 0.2) is 41.8 Å². The largest absolute Gasteiger partial charge is 0.343 e. The summed E-state index contributed by atoms with van der Waals surface area (Å²) in [6.07, 6.45) is 0. The number of rotatable bonds is 5. The molecule has 3 N–H and O–H groups in total. The minimum atomic E-state index is -0.562. The Bertz CT molecular complexity index is 581. The number of halogens is 1. The quantitative estimate of drug-likeness (QED) is 0.892. The highest BCUT2D eigenvalue weighted by Gasteiger charge is 2.23. The zero-order chi connectivity index (χ0) is 15.4. The Hall–Kier alpha value is -1.72. The summed E-state index contributed by atoms with van der Waals surface area (Å²) in [4.78, 5) is 13.2. The molecule has 1 aromatic heterocycles. The Labute approximate surface area is 128 Å². The molecule has 2 unspecified atom stereocenters. The topological polar surface area (TPSA) is 55.1 Å². The van der Waals surface area contributed by atoms with Crippen LogP contribution < -0.4 is 11.1 Å². The first-order valence-corrected chi connectivity index (χ1v) is 7.72. The first-order valence-electron chi connectivity index (χ1n) is 6.84. The van der Waals surface area contributed by atoms with Crippen LogP contribution in [-0.4, -0.2) is 11.9 Å². The molecular weight excluding hydrogens is 287 g/mol. The van der Waals surface area contributed by atoms with Crippen LogP contribution in [0.1, 0.15) is 30.3 Å². The van der Waals surface area contributed by atoms with Crippen molar-refractivity contribution in [2.24, 2.45) is 11.7 Å². The van der Waals surface area contributed by atoms with Crippen LogP contribution in [0.3, 0.4) is 0 Å². The SMILES string of the molecule is CC(C)C(N)C(=O)NC(c1ccc(F)cc1)c1cccs1. The van der Waals surface area contributed by atoms with Gasteiger partial charge < -0.3 is 11.1 Å². The van der Waals surface area contributed by atoms with E-state index in [-0.39, 0.29) is 23.7 Å². The second kappa shape index (κ2) is 6.83. The van der Waals surface area contributed by atoms with E-state index in [9.17, 15) is 9.18 Å². The Kier molecular flexibility index (Phi) is 5.09. The molecule has 0 aliphatic rings. The van der Waals surface area contributed by atoms with Crippen molar-refractivity contribution in [2.45, 2.75) is 25.9 Å². The van der Waals surface area contributed by atoms with Gasteiger partial charge >= 0.3 is 0 Å². The highest BCUT2D eigenvalue weighted by atomic mass is 32.1. The lowest BCUT2D eigenvalue weighted by Gasteiger charge is -2.22. The Morgan fingerprint density at radius 3 is 2.43 bits per heavy atom. The first-order chi connectivity index (χ1) is 9.99. The molecule has 0 spiro atoms. The van der Waals surface area contributed by atoms with Crippen LogP contribution in [0, 0.1) is 11.7 Å². The van der Waals surface area contributed by atoms with E-state index in [1.54, 1.807) is 23.5 Å². The molecule has 112 valence electrons. The number of nitrogens with two attached hydrogens (primary N) is 1. The zero-order valence-electron chi connectivity index (χ0n) is 12.0. The van der Waals surface area contributed by atoms with Crippen LogP contribution in [0.4, 0.5) is 4.39 Å². The first kappa shape index (κ1) is 15.7. The fourth-order valence-electron chi connectivity index (χ4n) is 1.97. The third-order valence-electron chi connectivity index (χ3n) is 3.34. The number of hydrogen-bond acceptors (Lipinski definition) is 3. The van der Waals surface area contributed by atoms with E-state index >= 15 is 0 Å². The lowest BCUT2D eigenvalue weighted by Crippen LogP contribution is -2.45. The molecule has 3 nitrogen and oxygen atoms in total. The summed E-state index contributed by atoms with van der Waals surface area (Å²) < 4.78 is 13.1. The maximum absolute atomic E-state index is 13.1. The van der Waals surface area contributed by atoms with E-state index in [2.05, 4.69) is 5.32 Å². The Morgan fingerprint density at radius 2 is 1.90 bits per heavy atom. The number of benzene rings is 1. The summed E-state index contributed by atoms with van der Waals surface area (Å²) in [5.41, 5.74) is 6.73. The standard InChI is InChI=1S/C16H19FN2OS/c1-10(2)14(18)16(20)19-15(13-4-3-9-21-13)11-5-7-12(17)8-6-11/h3-10,14-15H,18H2,1-2H3,(H,19,20). The van der Waals surface area contributed by atoms with Gasteiger partial charge in [0.15, 0.2) is 0 Å². The molecule has 0 aliphatic carbocycles. The number of amides is 1. The van der Waals surface area contributed by atoms with Crippen molar-refractivity contribution in [3.8, 4) is 0 Å². The van der Waals surface area contributed by atoms with Gasteiger partial charge in [-0.1, -0.05) is 32.0 Å². The maximum atomic E-state index is 13.1. The Balaban J connectivity index is 2.25. The van der Waals surface area contributed by atoms with Gasteiger partial charge in [0.25, 0.3) is 0 Å². The predicted octanol–water partition coefficient (Wildman–Crippen LogP) is 3.08. The van der Waals surface area contributed by atoms with Crippen molar-refractivity contribution in [3.63, 3.8) is 0 Å². The minimum Gasteiger partial charge on any atom is -0.343 e. The van der Waals surface area contributed by atoms with Gasteiger partial charge in [0.1, 0.15) is 5.82 Å². The van der Waals surface area contributed by atoms with E-state index in [4.69, 9.17) is 5.73 Å². The summed E-state index contributed by atoms with van der Waals surface area (Å²) in [6, 6.07) is 9.15. The number of thiophene rings is 1. The molecule has 0 saturated heterocycles. The molecule has 1 heterocycles. The zero-order valence-corrected chi connectivity index (χ0v) is 12.9. The second-order valence-corrected chi connectivity index (χ2v) is 6.26. The molecule has 0 saturated carbocycles.